The van der Waals surface area contributed by atoms with Gasteiger partial charge in [-0.05, 0) is 18.2 Å². The third-order valence-electron chi connectivity index (χ3n) is 2.74. The molecule has 2 amide bonds. The predicted octanol–water partition coefficient (Wildman–Crippen LogP) is 1.71. The predicted molar refractivity (Wildman–Crippen MR) is 80.9 cm³/mol. The normalized spacial score (nSPS) is 10.4. The Kier molecular flexibility index (Phi) is 5.37. The van der Waals surface area contributed by atoms with Crippen molar-refractivity contribution in [3.8, 4) is 0 Å². The molecule has 112 valence electrons. The number of hydrogen-bond acceptors (Lipinski definition) is 3. The van der Waals surface area contributed by atoms with Crippen LogP contribution in [0.2, 0.25) is 0 Å². The Morgan fingerprint density at radius 2 is 1.73 bits per heavy atom. The van der Waals surface area contributed by atoms with Crippen LogP contribution in [0.15, 0.2) is 59.7 Å². The van der Waals surface area contributed by atoms with E-state index in [1.54, 1.807) is 42.5 Å². The van der Waals surface area contributed by atoms with Crippen molar-refractivity contribution in [2.75, 3.05) is 6.54 Å². The Morgan fingerprint density at radius 3 is 2.45 bits per heavy atom. The number of hydrazone groups is 1. The second-order valence-electron chi connectivity index (χ2n) is 4.36. The van der Waals surface area contributed by atoms with Gasteiger partial charge in [0.15, 0.2) is 0 Å². The minimum atomic E-state index is -0.503. The maximum Gasteiger partial charge on any atom is 0.259 e. The molecule has 22 heavy (non-hydrogen) atoms. The lowest BCUT2D eigenvalue weighted by atomic mass is 10.2. The molecule has 2 rings (SSSR count). The Balaban J connectivity index is 1.79. The molecule has 6 heteroatoms. The Labute approximate surface area is 126 Å². The molecule has 0 fully saturated rings. The summed E-state index contributed by atoms with van der Waals surface area (Å²) >= 11 is 0. The molecule has 0 saturated heterocycles. The van der Waals surface area contributed by atoms with Crippen molar-refractivity contribution in [2.45, 2.75) is 0 Å². The van der Waals surface area contributed by atoms with Gasteiger partial charge in [-0.1, -0.05) is 36.4 Å². The number of rotatable bonds is 5. The molecule has 2 aromatic carbocycles. The van der Waals surface area contributed by atoms with E-state index in [0.29, 0.717) is 5.56 Å². The number of carbonyl (C=O) groups is 2. The molecular weight excluding hydrogens is 285 g/mol. The number of amides is 2. The summed E-state index contributed by atoms with van der Waals surface area (Å²) in [6, 6.07) is 14.6. The van der Waals surface area contributed by atoms with Gasteiger partial charge >= 0.3 is 0 Å². The van der Waals surface area contributed by atoms with E-state index in [9.17, 15) is 14.0 Å². The van der Waals surface area contributed by atoms with Gasteiger partial charge in [0.05, 0.1) is 12.8 Å². The summed E-state index contributed by atoms with van der Waals surface area (Å²) in [5, 5.41) is 6.10. The molecule has 0 unspecified atom stereocenters. The third kappa shape index (κ3) is 4.52. The van der Waals surface area contributed by atoms with E-state index in [0.717, 1.165) is 0 Å². The Bertz CT molecular complexity index is 687. The van der Waals surface area contributed by atoms with E-state index in [1.807, 2.05) is 0 Å². The minimum absolute atomic E-state index is 0.220. The SMILES string of the molecule is O=C(CNC(=O)c1ccccc1)N/N=C/c1ccccc1F. The average Bonchev–Trinajstić information content (AvgIpc) is 2.55. The molecule has 0 aliphatic rings. The molecule has 0 aliphatic carbocycles. The van der Waals surface area contributed by atoms with E-state index in [1.165, 1.54) is 18.3 Å². The van der Waals surface area contributed by atoms with E-state index in [2.05, 4.69) is 15.8 Å². The number of nitrogens with one attached hydrogen (secondary N) is 2. The van der Waals surface area contributed by atoms with Crippen LogP contribution in [-0.4, -0.2) is 24.6 Å². The van der Waals surface area contributed by atoms with Gasteiger partial charge in [0, 0.05) is 11.1 Å². The summed E-state index contributed by atoms with van der Waals surface area (Å²) in [6.07, 6.45) is 1.20. The van der Waals surface area contributed by atoms with Crippen molar-refractivity contribution in [3.05, 3.63) is 71.5 Å². The van der Waals surface area contributed by atoms with Crippen molar-refractivity contribution < 1.29 is 14.0 Å². The molecule has 0 spiro atoms. The summed E-state index contributed by atoms with van der Waals surface area (Å²) in [6.45, 7) is -0.220. The highest BCUT2D eigenvalue weighted by Gasteiger charge is 2.06. The number of carbonyl (C=O) groups excluding carboxylic acids is 2. The third-order valence-corrected chi connectivity index (χ3v) is 2.74. The minimum Gasteiger partial charge on any atom is -0.343 e. The van der Waals surface area contributed by atoms with Gasteiger partial charge in [0.1, 0.15) is 5.82 Å². The number of halogens is 1. The highest BCUT2D eigenvalue weighted by atomic mass is 19.1. The molecule has 0 aliphatic heterocycles. The summed E-state index contributed by atoms with van der Waals surface area (Å²) in [5.74, 6) is -1.29. The van der Waals surface area contributed by atoms with Gasteiger partial charge in [0.2, 0.25) is 0 Å². The standard InChI is InChI=1S/C16H14FN3O2/c17-14-9-5-4-8-13(14)10-19-20-15(21)11-18-16(22)12-6-2-1-3-7-12/h1-10H,11H2,(H,18,22)(H,20,21)/b19-10+. The monoisotopic (exact) mass is 299 g/mol. The largest absolute Gasteiger partial charge is 0.343 e. The van der Waals surface area contributed by atoms with Crippen LogP contribution >= 0.6 is 0 Å². The molecular formula is C16H14FN3O2. The molecule has 5 nitrogen and oxygen atoms in total. The van der Waals surface area contributed by atoms with E-state index < -0.39 is 11.7 Å². The Hall–Kier alpha value is -3.02. The van der Waals surface area contributed by atoms with Gasteiger partial charge in [-0.2, -0.15) is 5.10 Å². The van der Waals surface area contributed by atoms with Crippen molar-refractivity contribution in [2.24, 2.45) is 5.10 Å². The molecule has 2 N–H and O–H groups in total. The van der Waals surface area contributed by atoms with Crippen LogP contribution in [0.1, 0.15) is 15.9 Å². The maximum absolute atomic E-state index is 13.3. The fourth-order valence-electron chi connectivity index (χ4n) is 1.65. The number of benzene rings is 2. The summed E-state index contributed by atoms with van der Waals surface area (Å²) < 4.78 is 13.3. The van der Waals surface area contributed by atoms with Crippen molar-refractivity contribution in [3.63, 3.8) is 0 Å². The van der Waals surface area contributed by atoms with Crippen LogP contribution in [0.3, 0.4) is 0 Å². The number of nitrogens with zero attached hydrogens (tertiary/aromatic N) is 1. The van der Waals surface area contributed by atoms with Gasteiger partial charge in [-0.3, -0.25) is 9.59 Å². The molecule has 0 bridgehead atoms. The zero-order valence-corrected chi connectivity index (χ0v) is 11.6. The highest BCUT2D eigenvalue weighted by molar-refractivity contribution is 5.96. The molecule has 0 heterocycles. The molecule has 0 aromatic heterocycles. The van der Waals surface area contributed by atoms with Crippen LogP contribution in [0.25, 0.3) is 0 Å². The van der Waals surface area contributed by atoms with Gasteiger partial charge in [-0.15, -0.1) is 0 Å². The first kappa shape index (κ1) is 15.4. The van der Waals surface area contributed by atoms with Crippen LogP contribution in [-0.2, 0) is 4.79 Å². The highest BCUT2D eigenvalue weighted by Crippen LogP contribution is 2.02. The fraction of sp³-hybridized carbons (Fsp3) is 0.0625. The molecule has 0 atom stereocenters. The fourth-order valence-corrected chi connectivity index (χ4v) is 1.65. The first-order valence-electron chi connectivity index (χ1n) is 6.56. The van der Waals surface area contributed by atoms with Crippen molar-refractivity contribution >= 4 is 18.0 Å². The van der Waals surface area contributed by atoms with Gasteiger partial charge in [0.25, 0.3) is 11.8 Å². The van der Waals surface area contributed by atoms with Gasteiger partial charge in [-0.25, -0.2) is 9.82 Å². The second kappa shape index (κ2) is 7.68. The lowest BCUT2D eigenvalue weighted by molar-refractivity contribution is -0.120. The lowest BCUT2D eigenvalue weighted by Gasteiger charge is -2.03. The summed E-state index contributed by atoms with van der Waals surface area (Å²) in [7, 11) is 0. The van der Waals surface area contributed by atoms with Crippen molar-refractivity contribution in [1.82, 2.24) is 10.7 Å². The Morgan fingerprint density at radius 1 is 1.05 bits per heavy atom. The maximum atomic E-state index is 13.3. The van der Waals surface area contributed by atoms with E-state index >= 15 is 0 Å². The van der Waals surface area contributed by atoms with Crippen LogP contribution in [0, 0.1) is 5.82 Å². The second-order valence-corrected chi connectivity index (χ2v) is 4.36. The van der Waals surface area contributed by atoms with Crippen LogP contribution in [0.4, 0.5) is 4.39 Å². The lowest BCUT2D eigenvalue weighted by Crippen LogP contribution is -2.34. The zero-order chi connectivity index (χ0) is 15.8. The zero-order valence-electron chi connectivity index (χ0n) is 11.6. The first-order chi connectivity index (χ1) is 10.7. The molecule has 0 saturated carbocycles. The topological polar surface area (TPSA) is 70.6 Å². The van der Waals surface area contributed by atoms with E-state index in [4.69, 9.17) is 0 Å². The number of hydrogen-bond donors (Lipinski definition) is 2. The summed E-state index contributed by atoms with van der Waals surface area (Å²) in [5.41, 5.74) is 2.94. The average molecular weight is 299 g/mol. The van der Waals surface area contributed by atoms with E-state index in [-0.39, 0.29) is 18.0 Å². The van der Waals surface area contributed by atoms with Crippen LogP contribution in [0.5, 0.6) is 0 Å². The summed E-state index contributed by atoms with van der Waals surface area (Å²) in [4.78, 5) is 23.2. The van der Waals surface area contributed by atoms with Gasteiger partial charge < -0.3 is 5.32 Å². The quantitative estimate of drug-likeness (QED) is 0.652. The van der Waals surface area contributed by atoms with Crippen LogP contribution < -0.4 is 10.7 Å². The first-order valence-corrected chi connectivity index (χ1v) is 6.56. The molecule has 0 radical (unpaired) electrons. The smallest absolute Gasteiger partial charge is 0.259 e. The van der Waals surface area contributed by atoms with Crippen molar-refractivity contribution in [1.29, 1.82) is 0 Å². The molecule has 2 aromatic rings.